The first kappa shape index (κ1) is 19.1. The van der Waals surface area contributed by atoms with Crippen molar-refractivity contribution >= 4 is 28.9 Å². The summed E-state index contributed by atoms with van der Waals surface area (Å²) in [6, 6.07) is 3.87. The normalized spacial score (nSPS) is 17.4. The van der Waals surface area contributed by atoms with Gasteiger partial charge in [0.1, 0.15) is 0 Å². The number of ether oxygens (including phenoxy) is 2. The predicted octanol–water partition coefficient (Wildman–Crippen LogP) is 3.74. The van der Waals surface area contributed by atoms with Crippen molar-refractivity contribution in [3.8, 4) is 11.5 Å². The highest BCUT2D eigenvalue weighted by Gasteiger charge is 2.31. The maximum atomic E-state index is 12.6. The zero-order valence-electron chi connectivity index (χ0n) is 15.2. The van der Waals surface area contributed by atoms with Crippen molar-refractivity contribution in [2.45, 2.75) is 20.3 Å². The van der Waals surface area contributed by atoms with E-state index in [0.717, 1.165) is 16.3 Å². The fourth-order valence-electron chi connectivity index (χ4n) is 2.65. The van der Waals surface area contributed by atoms with E-state index >= 15 is 0 Å². The highest BCUT2D eigenvalue weighted by atomic mass is 32.2. The maximum absolute atomic E-state index is 12.6. The van der Waals surface area contributed by atoms with E-state index in [1.165, 1.54) is 11.8 Å². The number of thioether (sulfide) groups is 1. The second-order valence-corrected chi connectivity index (χ2v) is 6.33. The number of aliphatic imine (C=N–C) groups is 1. The van der Waals surface area contributed by atoms with Crippen molar-refractivity contribution in [1.29, 1.82) is 0 Å². The van der Waals surface area contributed by atoms with Gasteiger partial charge in [0.05, 0.1) is 19.1 Å². The quantitative estimate of drug-likeness (QED) is 0.549. The van der Waals surface area contributed by atoms with E-state index in [1.54, 1.807) is 19.1 Å². The molecule has 1 amide bonds. The average molecular weight is 360 g/mol. The van der Waals surface area contributed by atoms with E-state index in [0.29, 0.717) is 35.9 Å². The molecule has 1 aliphatic heterocycles. The SMILES string of the molecule is C=CCc1cc(/C=C2\SC(=NCC)N(CC)C2=O)cc(OC)c1OC. The average Bonchev–Trinajstić information content (AvgIpc) is 2.89. The van der Waals surface area contributed by atoms with Gasteiger partial charge in [-0.05, 0) is 55.8 Å². The Balaban J connectivity index is 2.46. The largest absolute Gasteiger partial charge is 0.493 e. The summed E-state index contributed by atoms with van der Waals surface area (Å²) in [6.07, 6.45) is 4.35. The van der Waals surface area contributed by atoms with Crippen molar-refractivity contribution in [3.05, 3.63) is 40.8 Å². The van der Waals surface area contributed by atoms with E-state index in [2.05, 4.69) is 11.6 Å². The third-order valence-electron chi connectivity index (χ3n) is 3.74. The molecule has 1 aromatic carbocycles. The van der Waals surface area contributed by atoms with Crippen LogP contribution in [0, 0.1) is 0 Å². The summed E-state index contributed by atoms with van der Waals surface area (Å²) in [6.45, 7) is 8.96. The van der Waals surface area contributed by atoms with Gasteiger partial charge >= 0.3 is 0 Å². The Hall–Kier alpha value is -2.21. The number of allylic oxidation sites excluding steroid dienone is 1. The van der Waals surface area contributed by atoms with Crippen LogP contribution in [0.5, 0.6) is 11.5 Å². The zero-order chi connectivity index (χ0) is 18.4. The van der Waals surface area contributed by atoms with Crippen LogP contribution in [0.2, 0.25) is 0 Å². The van der Waals surface area contributed by atoms with Crippen LogP contribution in [-0.2, 0) is 11.2 Å². The molecule has 5 nitrogen and oxygen atoms in total. The number of rotatable bonds is 7. The van der Waals surface area contributed by atoms with E-state index in [9.17, 15) is 4.79 Å². The Labute approximate surface area is 153 Å². The van der Waals surface area contributed by atoms with E-state index in [1.807, 2.05) is 38.1 Å². The van der Waals surface area contributed by atoms with Crippen LogP contribution in [0.15, 0.2) is 34.7 Å². The molecule has 2 rings (SSSR count). The number of hydrogen-bond acceptors (Lipinski definition) is 5. The zero-order valence-corrected chi connectivity index (χ0v) is 16.0. The Morgan fingerprint density at radius 1 is 1.28 bits per heavy atom. The summed E-state index contributed by atoms with van der Waals surface area (Å²) in [5.41, 5.74) is 1.85. The van der Waals surface area contributed by atoms with Gasteiger partial charge in [0.15, 0.2) is 16.7 Å². The number of carbonyl (C=O) groups is 1. The van der Waals surface area contributed by atoms with Gasteiger partial charge in [-0.3, -0.25) is 14.7 Å². The van der Waals surface area contributed by atoms with Crippen LogP contribution in [-0.4, -0.2) is 43.3 Å². The number of amidine groups is 1. The van der Waals surface area contributed by atoms with Crippen LogP contribution in [0.3, 0.4) is 0 Å². The topological polar surface area (TPSA) is 51.1 Å². The van der Waals surface area contributed by atoms with Crippen LogP contribution in [0.25, 0.3) is 6.08 Å². The lowest BCUT2D eigenvalue weighted by Crippen LogP contribution is -2.28. The molecule has 0 radical (unpaired) electrons. The number of likely N-dealkylation sites (N-methyl/N-ethyl adjacent to an activating group) is 1. The molecule has 1 heterocycles. The van der Waals surface area contributed by atoms with Crippen molar-refractivity contribution in [2.75, 3.05) is 27.3 Å². The van der Waals surface area contributed by atoms with Gasteiger partial charge < -0.3 is 9.47 Å². The third-order valence-corrected chi connectivity index (χ3v) is 4.78. The fraction of sp³-hybridized carbons (Fsp3) is 0.368. The lowest BCUT2D eigenvalue weighted by Gasteiger charge is -2.13. The van der Waals surface area contributed by atoms with Crippen molar-refractivity contribution < 1.29 is 14.3 Å². The van der Waals surface area contributed by atoms with Crippen LogP contribution in [0.4, 0.5) is 0 Å². The smallest absolute Gasteiger partial charge is 0.266 e. The number of amides is 1. The molecule has 0 aromatic heterocycles. The maximum Gasteiger partial charge on any atom is 0.266 e. The molecule has 0 N–H and O–H groups in total. The summed E-state index contributed by atoms with van der Waals surface area (Å²) < 4.78 is 10.9. The molecular formula is C19H24N2O3S. The monoisotopic (exact) mass is 360 g/mol. The van der Waals surface area contributed by atoms with E-state index in [-0.39, 0.29) is 5.91 Å². The minimum Gasteiger partial charge on any atom is -0.493 e. The summed E-state index contributed by atoms with van der Waals surface area (Å²) in [5, 5.41) is 0.757. The van der Waals surface area contributed by atoms with Crippen molar-refractivity contribution in [3.63, 3.8) is 0 Å². The minimum absolute atomic E-state index is 0.0141. The Morgan fingerprint density at radius 2 is 2.04 bits per heavy atom. The van der Waals surface area contributed by atoms with Gasteiger partial charge in [-0.25, -0.2) is 0 Å². The summed E-state index contributed by atoms with van der Waals surface area (Å²) in [5.74, 6) is 1.32. The molecule has 25 heavy (non-hydrogen) atoms. The highest BCUT2D eigenvalue weighted by Crippen LogP contribution is 2.36. The predicted molar refractivity (Wildman–Crippen MR) is 104 cm³/mol. The van der Waals surface area contributed by atoms with E-state index < -0.39 is 0 Å². The lowest BCUT2D eigenvalue weighted by molar-refractivity contribution is -0.122. The molecule has 6 heteroatoms. The standard InChI is InChI=1S/C19H24N2O3S/c1-6-9-14-10-13(11-15(23-4)17(14)24-5)12-16-18(22)21(8-3)19(25-16)20-7-2/h6,10-12H,1,7-9H2,2-5H3/b16-12-,20-19?. The van der Waals surface area contributed by atoms with Crippen molar-refractivity contribution in [1.82, 2.24) is 4.90 Å². The Morgan fingerprint density at radius 3 is 2.60 bits per heavy atom. The summed E-state index contributed by atoms with van der Waals surface area (Å²) in [7, 11) is 3.22. The number of carbonyl (C=O) groups excluding carboxylic acids is 1. The molecule has 0 saturated carbocycles. The lowest BCUT2D eigenvalue weighted by atomic mass is 10.0. The van der Waals surface area contributed by atoms with Crippen molar-refractivity contribution in [2.24, 2.45) is 4.99 Å². The highest BCUT2D eigenvalue weighted by molar-refractivity contribution is 8.18. The first-order valence-electron chi connectivity index (χ1n) is 8.21. The molecule has 1 saturated heterocycles. The number of benzene rings is 1. The fourth-order valence-corrected chi connectivity index (χ4v) is 3.75. The molecule has 0 bridgehead atoms. The van der Waals surface area contributed by atoms with Crippen LogP contribution < -0.4 is 9.47 Å². The molecule has 134 valence electrons. The molecule has 0 atom stereocenters. The molecule has 0 unspecified atom stereocenters. The minimum atomic E-state index is -0.0141. The van der Waals surface area contributed by atoms with E-state index in [4.69, 9.17) is 9.47 Å². The number of nitrogens with zero attached hydrogens (tertiary/aromatic N) is 2. The summed E-state index contributed by atoms with van der Waals surface area (Å²) in [4.78, 5) is 19.4. The molecule has 1 aliphatic rings. The van der Waals surface area contributed by atoms with Crippen LogP contribution in [0.1, 0.15) is 25.0 Å². The number of hydrogen-bond donors (Lipinski definition) is 0. The first-order chi connectivity index (χ1) is 12.1. The van der Waals surface area contributed by atoms with Crippen LogP contribution >= 0.6 is 11.8 Å². The number of methoxy groups -OCH3 is 2. The molecule has 0 spiro atoms. The molecule has 1 fully saturated rings. The molecule has 1 aromatic rings. The van der Waals surface area contributed by atoms with Gasteiger partial charge in [-0.2, -0.15) is 0 Å². The Bertz CT molecular complexity index is 726. The van der Waals surface area contributed by atoms with Gasteiger partial charge in [0.25, 0.3) is 5.91 Å². The second-order valence-electron chi connectivity index (χ2n) is 5.33. The first-order valence-corrected chi connectivity index (χ1v) is 9.02. The molecule has 0 aliphatic carbocycles. The third kappa shape index (κ3) is 4.07. The summed E-state index contributed by atoms with van der Waals surface area (Å²) >= 11 is 1.41. The van der Waals surface area contributed by atoms with Gasteiger partial charge in [-0.15, -0.1) is 6.58 Å². The van der Waals surface area contributed by atoms with Gasteiger partial charge in [0.2, 0.25) is 0 Å². The molecular weight excluding hydrogens is 336 g/mol. The second kappa shape index (κ2) is 8.76. The van der Waals surface area contributed by atoms with Gasteiger partial charge in [-0.1, -0.05) is 6.08 Å². The Kier molecular flexibility index (Phi) is 6.70. The van der Waals surface area contributed by atoms with Gasteiger partial charge in [0, 0.05) is 18.7 Å².